The number of carbonyl (C=O) groups excluding carboxylic acids is 1. The van der Waals surface area contributed by atoms with Crippen molar-refractivity contribution in [2.24, 2.45) is 11.1 Å². The summed E-state index contributed by atoms with van der Waals surface area (Å²) in [6.45, 7) is 0. The highest BCUT2D eigenvalue weighted by atomic mass is 32.2. The molecule has 1 amide bonds. The molecular formula is C22H26N2O5S. The van der Waals surface area contributed by atoms with Crippen LogP contribution in [-0.2, 0) is 34.9 Å². The second-order valence-electron chi connectivity index (χ2n) is 8.93. The van der Waals surface area contributed by atoms with Crippen LogP contribution in [-0.4, -0.2) is 19.4 Å². The highest BCUT2D eigenvalue weighted by Gasteiger charge is 2.48. The maximum Gasteiger partial charge on any atom is 0.272 e. The lowest BCUT2D eigenvalue weighted by Gasteiger charge is -2.27. The van der Waals surface area contributed by atoms with Crippen LogP contribution < -0.4 is 10.5 Å². The van der Waals surface area contributed by atoms with E-state index in [2.05, 4.69) is 17.4 Å². The van der Waals surface area contributed by atoms with Crippen LogP contribution in [0.4, 0.5) is 5.69 Å². The second kappa shape index (κ2) is 6.93. The predicted molar refractivity (Wildman–Crippen MR) is 111 cm³/mol. The van der Waals surface area contributed by atoms with Gasteiger partial charge in [0.15, 0.2) is 0 Å². The normalized spacial score (nSPS) is 19.9. The summed E-state index contributed by atoms with van der Waals surface area (Å²) in [6.07, 6.45) is 9.46. The van der Waals surface area contributed by atoms with Crippen LogP contribution in [0.25, 0.3) is 0 Å². The number of primary sulfonamides is 1. The van der Waals surface area contributed by atoms with Crippen LogP contribution in [0.1, 0.15) is 71.1 Å². The summed E-state index contributed by atoms with van der Waals surface area (Å²) in [5.41, 5.74) is 3.01. The summed E-state index contributed by atoms with van der Waals surface area (Å²) in [7, 11) is -4.26. The van der Waals surface area contributed by atoms with E-state index in [4.69, 9.17) is 9.56 Å². The molecule has 0 saturated heterocycles. The van der Waals surface area contributed by atoms with E-state index in [0.717, 1.165) is 48.8 Å². The van der Waals surface area contributed by atoms with E-state index < -0.39 is 26.6 Å². The fourth-order valence-electron chi connectivity index (χ4n) is 4.72. The number of anilines is 1. The third kappa shape index (κ3) is 3.36. The molecule has 160 valence electrons. The Hall–Kier alpha value is -2.16. The van der Waals surface area contributed by atoms with Crippen molar-refractivity contribution in [2.75, 3.05) is 5.32 Å². The highest BCUT2D eigenvalue weighted by Crippen LogP contribution is 2.48. The summed E-state index contributed by atoms with van der Waals surface area (Å²) in [6, 6.07) is 4.24. The molecule has 0 radical (unpaired) electrons. The standard InChI is InChI=1S/C22H26N2O5S/c23-30(27,28)21-18(17(12-29-21)22(26)9-10-22)20(25)24-19-15(11-13-3-1-4-13)8-7-14-5-2-6-16(14)19/h7-8,12-13,26H,1-6,9-11H2,(H,24,25)(H2,23,27,28). The molecule has 0 atom stereocenters. The zero-order chi connectivity index (χ0) is 21.1. The third-order valence-corrected chi connectivity index (χ3v) is 7.63. The van der Waals surface area contributed by atoms with Crippen molar-refractivity contribution in [3.63, 3.8) is 0 Å². The summed E-state index contributed by atoms with van der Waals surface area (Å²) in [4.78, 5) is 13.4. The van der Waals surface area contributed by atoms with Gasteiger partial charge in [0.1, 0.15) is 5.56 Å². The van der Waals surface area contributed by atoms with Crippen LogP contribution in [0.15, 0.2) is 27.9 Å². The Kier molecular flexibility index (Phi) is 4.57. The first kappa shape index (κ1) is 19.8. The Morgan fingerprint density at radius 2 is 2.00 bits per heavy atom. The maximum atomic E-state index is 13.4. The van der Waals surface area contributed by atoms with Crippen LogP contribution in [0.5, 0.6) is 0 Å². The number of aliphatic hydroxyl groups is 1. The van der Waals surface area contributed by atoms with Crippen LogP contribution in [0, 0.1) is 5.92 Å². The summed E-state index contributed by atoms with van der Waals surface area (Å²) in [5, 5.41) is 18.3. The molecule has 0 aliphatic heterocycles. The number of nitrogens with two attached hydrogens (primary N) is 1. The molecule has 2 fully saturated rings. The molecule has 2 saturated carbocycles. The van der Waals surface area contributed by atoms with Gasteiger partial charge in [-0.3, -0.25) is 4.79 Å². The van der Waals surface area contributed by atoms with Crippen molar-refractivity contribution in [3.05, 3.63) is 46.2 Å². The first-order valence-corrected chi connectivity index (χ1v) is 12.1. The van der Waals surface area contributed by atoms with E-state index in [9.17, 15) is 18.3 Å². The predicted octanol–water partition coefficient (Wildman–Crippen LogP) is 2.99. The number of furan rings is 1. The smallest absolute Gasteiger partial charge is 0.272 e. The SMILES string of the molecule is NS(=O)(=O)c1occ(C2(O)CC2)c1C(=O)Nc1c(CC2CCC2)ccc2c1CCC2. The van der Waals surface area contributed by atoms with Gasteiger partial charge in [-0.25, -0.2) is 13.6 Å². The van der Waals surface area contributed by atoms with Gasteiger partial charge in [-0.2, -0.15) is 0 Å². The number of amides is 1. The second-order valence-corrected chi connectivity index (χ2v) is 10.4. The first-order chi connectivity index (χ1) is 14.3. The van der Waals surface area contributed by atoms with Gasteiger partial charge in [-0.05, 0) is 61.1 Å². The zero-order valence-corrected chi connectivity index (χ0v) is 17.6. The first-order valence-electron chi connectivity index (χ1n) is 10.6. The molecule has 3 aliphatic carbocycles. The molecule has 7 nitrogen and oxygen atoms in total. The van der Waals surface area contributed by atoms with Gasteiger partial charge in [0.25, 0.3) is 15.9 Å². The monoisotopic (exact) mass is 430 g/mol. The van der Waals surface area contributed by atoms with E-state index in [1.165, 1.54) is 24.8 Å². The van der Waals surface area contributed by atoms with Crippen molar-refractivity contribution >= 4 is 21.6 Å². The molecule has 1 aromatic carbocycles. The van der Waals surface area contributed by atoms with Crippen molar-refractivity contribution in [1.29, 1.82) is 0 Å². The largest absolute Gasteiger partial charge is 0.451 e. The molecule has 0 bridgehead atoms. The Labute approximate surface area is 175 Å². The molecule has 1 heterocycles. The number of nitrogens with one attached hydrogen (secondary N) is 1. The number of carbonyl (C=O) groups is 1. The van der Waals surface area contributed by atoms with Crippen LogP contribution in [0.2, 0.25) is 0 Å². The number of hydrogen-bond acceptors (Lipinski definition) is 5. The van der Waals surface area contributed by atoms with E-state index >= 15 is 0 Å². The van der Waals surface area contributed by atoms with Crippen molar-refractivity contribution < 1.29 is 22.7 Å². The van der Waals surface area contributed by atoms with Crippen molar-refractivity contribution in [2.45, 2.75) is 68.5 Å². The molecule has 5 rings (SSSR count). The number of fused-ring (bicyclic) bond motifs is 1. The molecule has 2 aromatic rings. The average molecular weight is 431 g/mol. The Balaban J connectivity index is 1.55. The van der Waals surface area contributed by atoms with Gasteiger partial charge in [0.05, 0.1) is 11.9 Å². The average Bonchev–Trinajstić information content (AvgIpc) is 3.10. The van der Waals surface area contributed by atoms with Gasteiger partial charge < -0.3 is 14.8 Å². The minimum absolute atomic E-state index is 0.178. The lowest BCUT2D eigenvalue weighted by Crippen LogP contribution is -2.23. The minimum Gasteiger partial charge on any atom is -0.451 e. The molecule has 1 aromatic heterocycles. The number of rotatable bonds is 6. The quantitative estimate of drug-likeness (QED) is 0.650. The summed E-state index contributed by atoms with van der Waals surface area (Å²) >= 11 is 0. The van der Waals surface area contributed by atoms with Crippen LogP contribution >= 0.6 is 0 Å². The Bertz CT molecular complexity index is 1130. The maximum absolute atomic E-state index is 13.4. The number of hydrogen-bond donors (Lipinski definition) is 3. The minimum atomic E-state index is -4.26. The Morgan fingerprint density at radius 1 is 1.23 bits per heavy atom. The lowest BCUT2D eigenvalue weighted by molar-refractivity contribution is 0.100. The van der Waals surface area contributed by atoms with E-state index in [0.29, 0.717) is 18.8 Å². The molecule has 4 N–H and O–H groups in total. The molecule has 30 heavy (non-hydrogen) atoms. The van der Waals surface area contributed by atoms with E-state index in [1.807, 2.05) is 0 Å². The van der Waals surface area contributed by atoms with Crippen molar-refractivity contribution in [3.8, 4) is 0 Å². The third-order valence-electron chi connectivity index (χ3n) is 6.81. The zero-order valence-electron chi connectivity index (χ0n) is 16.7. The van der Waals surface area contributed by atoms with Gasteiger partial charge in [-0.15, -0.1) is 0 Å². The topological polar surface area (TPSA) is 123 Å². The van der Waals surface area contributed by atoms with Gasteiger partial charge in [0.2, 0.25) is 5.09 Å². The highest BCUT2D eigenvalue weighted by molar-refractivity contribution is 7.89. The number of aryl methyl sites for hydroxylation is 1. The summed E-state index contributed by atoms with van der Waals surface area (Å²) in [5.74, 6) is 0.0232. The Morgan fingerprint density at radius 3 is 2.63 bits per heavy atom. The van der Waals surface area contributed by atoms with E-state index in [-0.39, 0.29) is 11.1 Å². The number of sulfonamides is 1. The summed E-state index contributed by atoms with van der Waals surface area (Å²) < 4.78 is 29.2. The lowest BCUT2D eigenvalue weighted by atomic mass is 9.80. The van der Waals surface area contributed by atoms with Gasteiger partial charge >= 0.3 is 0 Å². The molecular weight excluding hydrogens is 404 g/mol. The fraction of sp³-hybridized carbons (Fsp3) is 0.500. The molecule has 3 aliphatic rings. The molecule has 0 unspecified atom stereocenters. The van der Waals surface area contributed by atoms with E-state index in [1.54, 1.807) is 0 Å². The van der Waals surface area contributed by atoms with Crippen molar-refractivity contribution in [1.82, 2.24) is 0 Å². The van der Waals surface area contributed by atoms with Gasteiger partial charge in [0, 0.05) is 11.3 Å². The molecule has 8 heteroatoms. The number of benzene rings is 1. The molecule has 0 spiro atoms. The fourth-order valence-corrected chi connectivity index (χ4v) is 5.39. The van der Waals surface area contributed by atoms with Crippen LogP contribution in [0.3, 0.4) is 0 Å². The van der Waals surface area contributed by atoms with Gasteiger partial charge in [-0.1, -0.05) is 31.4 Å².